The van der Waals surface area contributed by atoms with Gasteiger partial charge in [0.1, 0.15) is 0 Å². The van der Waals surface area contributed by atoms with E-state index in [0.717, 1.165) is 25.8 Å². The summed E-state index contributed by atoms with van der Waals surface area (Å²) in [6, 6.07) is 0. The Morgan fingerprint density at radius 3 is 1.95 bits per heavy atom. The monoisotopic (exact) mass is 271 g/mol. The van der Waals surface area contributed by atoms with Crippen molar-refractivity contribution in [3.8, 4) is 0 Å². The van der Waals surface area contributed by atoms with Gasteiger partial charge in [-0.25, -0.2) is 0 Å². The summed E-state index contributed by atoms with van der Waals surface area (Å²) in [5, 5.41) is 0. The van der Waals surface area contributed by atoms with Crippen molar-refractivity contribution in [3.63, 3.8) is 0 Å². The smallest absolute Gasteiger partial charge is 0.324 e. The minimum absolute atomic E-state index is 0.109. The summed E-state index contributed by atoms with van der Waals surface area (Å²) in [5.41, 5.74) is 2.78. The van der Waals surface area contributed by atoms with Crippen LogP contribution in [0.5, 0.6) is 0 Å². The van der Waals surface area contributed by atoms with E-state index in [1.165, 1.54) is 51.4 Å². The Bertz CT molecular complexity index is 195. The molecule has 0 aliphatic rings. The van der Waals surface area contributed by atoms with Crippen LogP contribution >= 0.6 is 0 Å². The summed E-state index contributed by atoms with van der Waals surface area (Å²) in [6.07, 6.45) is 13.9. The Hall–Kier alpha value is -0.570. The van der Waals surface area contributed by atoms with Gasteiger partial charge in [-0.15, -0.1) is 0 Å². The molecule has 0 spiro atoms. The zero-order chi connectivity index (χ0) is 14.2. The molecule has 0 bridgehead atoms. The van der Waals surface area contributed by atoms with Crippen LogP contribution in [0.4, 0.5) is 0 Å². The van der Waals surface area contributed by atoms with Gasteiger partial charge in [0, 0.05) is 13.0 Å². The molecule has 114 valence electrons. The molecule has 3 nitrogen and oxygen atoms in total. The number of hydrogen-bond acceptors (Lipinski definition) is 3. The highest BCUT2D eigenvalue weighted by molar-refractivity contribution is 5.68. The molecule has 0 amide bonds. The van der Waals surface area contributed by atoms with Crippen molar-refractivity contribution in [2.45, 2.75) is 90.9 Å². The summed E-state index contributed by atoms with van der Waals surface area (Å²) in [6.45, 7) is 5.21. The van der Waals surface area contributed by atoms with Gasteiger partial charge in [0.05, 0.1) is 0 Å². The van der Waals surface area contributed by atoms with E-state index in [1.54, 1.807) is 0 Å². The molecule has 0 aromatic heterocycles. The number of nitrogens with one attached hydrogen (secondary N) is 1. The van der Waals surface area contributed by atoms with Crippen LogP contribution in [0.15, 0.2) is 0 Å². The third kappa shape index (κ3) is 15.4. The minimum atomic E-state index is -0.109. The average Bonchev–Trinajstić information content (AvgIpc) is 2.41. The molecule has 0 fully saturated rings. The number of carbonyl (C=O) groups is 1. The molecule has 0 heterocycles. The Morgan fingerprint density at radius 1 is 0.789 bits per heavy atom. The highest BCUT2D eigenvalue weighted by atomic mass is 16.7. The fraction of sp³-hybridized carbons (Fsp3) is 0.938. The maximum absolute atomic E-state index is 11.4. The van der Waals surface area contributed by atoms with Crippen LogP contribution in [0.1, 0.15) is 90.9 Å². The summed E-state index contributed by atoms with van der Waals surface area (Å²) >= 11 is 0. The first kappa shape index (κ1) is 18.4. The lowest BCUT2D eigenvalue weighted by atomic mass is 10.1. The van der Waals surface area contributed by atoms with Crippen molar-refractivity contribution in [1.82, 2.24) is 5.48 Å². The highest BCUT2D eigenvalue weighted by Gasteiger charge is 2.02. The molecular weight excluding hydrogens is 238 g/mol. The molecule has 0 saturated carbocycles. The van der Waals surface area contributed by atoms with Gasteiger partial charge < -0.3 is 4.84 Å². The molecule has 19 heavy (non-hydrogen) atoms. The van der Waals surface area contributed by atoms with E-state index < -0.39 is 0 Å². The van der Waals surface area contributed by atoms with Crippen LogP contribution < -0.4 is 5.48 Å². The van der Waals surface area contributed by atoms with Crippen LogP contribution in [-0.2, 0) is 9.63 Å². The molecule has 0 atom stereocenters. The molecule has 1 N–H and O–H groups in total. The first-order valence-corrected chi connectivity index (χ1v) is 8.23. The molecule has 3 heteroatoms. The van der Waals surface area contributed by atoms with Crippen molar-refractivity contribution in [3.05, 3.63) is 0 Å². The van der Waals surface area contributed by atoms with E-state index in [0.29, 0.717) is 6.42 Å². The molecule has 0 unspecified atom stereocenters. The fourth-order valence-electron chi connectivity index (χ4n) is 2.03. The van der Waals surface area contributed by atoms with Gasteiger partial charge in [-0.2, -0.15) is 5.48 Å². The van der Waals surface area contributed by atoms with Crippen molar-refractivity contribution < 1.29 is 9.63 Å². The van der Waals surface area contributed by atoms with Crippen LogP contribution in [0.25, 0.3) is 0 Å². The normalized spacial score (nSPS) is 10.6. The predicted octanol–water partition coefficient (Wildman–Crippen LogP) is 4.76. The SMILES string of the molecule is CCCCCCCCNOC(=O)CCCCCCC. The van der Waals surface area contributed by atoms with E-state index in [1.807, 2.05) is 0 Å². The number of hydroxylamine groups is 1. The molecule has 0 radical (unpaired) electrons. The van der Waals surface area contributed by atoms with Crippen molar-refractivity contribution in [2.24, 2.45) is 0 Å². The lowest BCUT2D eigenvalue weighted by Gasteiger charge is -2.05. The average molecular weight is 271 g/mol. The third-order valence-electron chi connectivity index (χ3n) is 3.30. The first-order valence-electron chi connectivity index (χ1n) is 8.23. The van der Waals surface area contributed by atoms with E-state index in [9.17, 15) is 4.79 Å². The number of carbonyl (C=O) groups excluding carboxylic acids is 1. The van der Waals surface area contributed by atoms with Gasteiger partial charge >= 0.3 is 5.97 Å². The molecular formula is C16H33NO2. The van der Waals surface area contributed by atoms with Gasteiger partial charge in [0.25, 0.3) is 0 Å². The third-order valence-corrected chi connectivity index (χ3v) is 3.30. The summed E-state index contributed by atoms with van der Waals surface area (Å²) < 4.78 is 0. The molecule has 0 saturated heterocycles. The molecule has 0 aliphatic carbocycles. The second-order valence-corrected chi connectivity index (χ2v) is 5.30. The highest BCUT2D eigenvalue weighted by Crippen LogP contribution is 2.06. The van der Waals surface area contributed by atoms with Crippen LogP contribution in [0.2, 0.25) is 0 Å². The summed E-state index contributed by atoms with van der Waals surface area (Å²) in [5.74, 6) is -0.109. The van der Waals surface area contributed by atoms with Crippen molar-refractivity contribution in [2.75, 3.05) is 6.54 Å². The molecule has 0 aromatic carbocycles. The Balaban J connectivity index is 3.12. The molecule has 0 rings (SSSR count). The van der Waals surface area contributed by atoms with Crippen LogP contribution in [0, 0.1) is 0 Å². The lowest BCUT2D eigenvalue weighted by molar-refractivity contribution is -0.151. The second-order valence-electron chi connectivity index (χ2n) is 5.30. The van der Waals surface area contributed by atoms with E-state index in [-0.39, 0.29) is 5.97 Å². The van der Waals surface area contributed by atoms with Crippen LogP contribution in [0.3, 0.4) is 0 Å². The lowest BCUT2D eigenvalue weighted by Crippen LogP contribution is -2.20. The van der Waals surface area contributed by atoms with Crippen LogP contribution in [-0.4, -0.2) is 12.5 Å². The van der Waals surface area contributed by atoms with Gasteiger partial charge in [-0.1, -0.05) is 71.6 Å². The number of rotatable bonds is 14. The van der Waals surface area contributed by atoms with E-state index in [2.05, 4.69) is 19.3 Å². The quantitative estimate of drug-likeness (QED) is 0.366. The predicted molar refractivity (Wildman–Crippen MR) is 80.8 cm³/mol. The Kier molecular flexibility index (Phi) is 15.0. The maximum Gasteiger partial charge on any atom is 0.324 e. The number of unbranched alkanes of at least 4 members (excludes halogenated alkanes) is 9. The van der Waals surface area contributed by atoms with Gasteiger partial charge in [0.2, 0.25) is 0 Å². The Labute approximate surface area is 119 Å². The minimum Gasteiger partial charge on any atom is -0.371 e. The second kappa shape index (κ2) is 15.5. The summed E-state index contributed by atoms with van der Waals surface area (Å²) in [7, 11) is 0. The van der Waals surface area contributed by atoms with E-state index in [4.69, 9.17) is 4.84 Å². The zero-order valence-corrected chi connectivity index (χ0v) is 13.0. The molecule has 0 aromatic rings. The first-order chi connectivity index (χ1) is 9.31. The van der Waals surface area contributed by atoms with Gasteiger partial charge in [-0.05, 0) is 12.8 Å². The van der Waals surface area contributed by atoms with E-state index >= 15 is 0 Å². The van der Waals surface area contributed by atoms with Crippen molar-refractivity contribution >= 4 is 5.97 Å². The molecule has 0 aliphatic heterocycles. The van der Waals surface area contributed by atoms with Crippen molar-refractivity contribution in [1.29, 1.82) is 0 Å². The standard InChI is InChI=1S/C16H33NO2/c1-3-5-7-9-11-13-15-17-19-16(18)14-12-10-8-6-4-2/h17H,3-15H2,1-2H3. The fourth-order valence-corrected chi connectivity index (χ4v) is 2.03. The zero-order valence-electron chi connectivity index (χ0n) is 13.0. The van der Waals surface area contributed by atoms with Gasteiger partial charge in [-0.3, -0.25) is 4.79 Å². The largest absolute Gasteiger partial charge is 0.371 e. The maximum atomic E-state index is 11.4. The Morgan fingerprint density at radius 2 is 1.32 bits per heavy atom. The topological polar surface area (TPSA) is 38.3 Å². The number of hydrogen-bond donors (Lipinski definition) is 1. The summed E-state index contributed by atoms with van der Waals surface area (Å²) in [4.78, 5) is 16.4. The van der Waals surface area contributed by atoms with Gasteiger partial charge in [0.15, 0.2) is 0 Å².